The SMILES string of the molecule is O=C(c1cnns1)N1CCC[C@H](COc2ccccc2Cl)C1. The molecule has 1 saturated heterocycles. The van der Waals surface area contributed by atoms with E-state index in [2.05, 4.69) is 9.59 Å². The minimum Gasteiger partial charge on any atom is -0.492 e. The van der Waals surface area contributed by atoms with E-state index in [0.717, 1.165) is 30.9 Å². The van der Waals surface area contributed by atoms with Gasteiger partial charge in [0.1, 0.15) is 10.6 Å². The Morgan fingerprint density at radius 2 is 2.32 bits per heavy atom. The van der Waals surface area contributed by atoms with E-state index in [9.17, 15) is 4.79 Å². The fourth-order valence-corrected chi connectivity index (χ4v) is 3.25. The van der Waals surface area contributed by atoms with Gasteiger partial charge in [-0.2, -0.15) is 0 Å². The van der Waals surface area contributed by atoms with Crippen LogP contribution in [-0.2, 0) is 0 Å². The molecule has 5 nitrogen and oxygen atoms in total. The third-order valence-corrected chi connectivity index (χ3v) is 4.65. The Morgan fingerprint density at radius 3 is 3.09 bits per heavy atom. The number of carbonyl (C=O) groups excluding carboxylic acids is 1. The molecule has 3 rings (SSSR count). The fourth-order valence-electron chi connectivity index (χ4n) is 2.57. The highest BCUT2D eigenvalue weighted by atomic mass is 35.5. The highest BCUT2D eigenvalue weighted by Gasteiger charge is 2.26. The van der Waals surface area contributed by atoms with Gasteiger partial charge in [-0.1, -0.05) is 28.2 Å². The zero-order chi connectivity index (χ0) is 15.4. The lowest BCUT2D eigenvalue weighted by molar-refractivity contribution is 0.0638. The molecule has 0 radical (unpaired) electrons. The van der Waals surface area contributed by atoms with E-state index in [1.54, 1.807) is 0 Å². The van der Waals surface area contributed by atoms with E-state index >= 15 is 0 Å². The molecule has 0 spiro atoms. The van der Waals surface area contributed by atoms with Gasteiger partial charge in [-0.05, 0) is 36.5 Å². The van der Waals surface area contributed by atoms with Crippen molar-refractivity contribution in [2.24, 2.45) is 5.92 Å². The van der Waals surface area contributed by atoms with Crippen molar-refractivity contribution in [1.82, 2.24) is 14.5 Å². The van der Waals surface area contributed by atoms with Crippen LogP contribution >= 0.6 is 23.1 Å². The van der Waals surface area contributed by atoms with Gasteiger partial charge in [-0.25, -0.2) is 0 Å². The fraction of sp³-hybridized carbons (Fsp3) is 0.400. The minimum absolute atomic E-state index is 0.0115. The molecule has 2 heterocycles. The van der Waals surface area contributed by atoms with Gasteiger partial charge in [0.2, 0.25) is 0 Å². The normalized spacial score (nSPS) is 18.2. The van der Waals surface area contributed by atoms with Gasteiger partial charge in [0.15, 0.2) is 0 Å². The molecule has 116 valence electrons. The average molecular weight is 338 g/mol. The molecule has 1 aliphatic rings. The van der Waals surface area contributed by atoms with Crippen LogP contribution in [0.15, 0.2) is 30.5 Å². The number of rotatable bonds is 4. The van der Waals surface area contributed by atoms with E-state index in [4.69, 9.17) is 16.3 Å². The third kappa shape index (κ3) is 3.56. The van der Waals surface area contributed by atoms with Crippen LogP contribution in [0.25, 0.3) is 0 Å². The van der Waals surface area contributed by atoms with Crippen LogP contribution in [0.1, 0.15) is 22.5 Å². The molecule has 0 bridgehead atoms. The minimum atomic E-state index is 0.0115. The molecule has 0 aliphatic carbocycles. The second-order valence-corrected chi connectivity index (χ2v) is 6.48. The van der Waals surface area contributed by atoms with Crippen LogP contribution in [0.4, 0.5) is 0 Å². The number of nitrogens with zero attached hydrogens (tertiary/aromatic N) is 3. The largest absolute Gasteiger partial charge is 0.492 e. The topological polar surface area (TPSA) is 55.3 Å². The van der Waals surface area contributed by atoms with Crippen LogP contribution in [0.5, 0.6) is 5.75 Å². The van der Waals surface area contributed by atoms with Crippen molar-refractivity contribution in [2.45, 2.75) is 12.8 Å². The zero-order valence-corrected chi connectivity index (χ0v) is 13.5. The van der Waals surface area contributed by atoms with E-state index in [1.165, 1.54) is 6.20 Å². The maximum atomic E-state index is 12.3. The van der Waals surface area contributed by atoms with Gasteiger partial charge in [-0.3, -0.25) is 4.79 Å². The number of amides is 1. The predicted octanol–water partition coefficient (Wildman–Crippen LogP) is 3.12. The Labute approximate surface area is 138 Å². The summed E-state index contributed by atoms with van der Waals surface area (Å²) >= 11 is 7.22. The zero-order valence-electron chi connectivity index (χ0n) is 11.9. The molecule has 1 atom stereocenters. The van der Waals surface area contributed by atoms with E-state index < -0.39 is 0 Å². The summed E-state index contributed by atoms with van der Waals surface area (Å²) < 4.78 is 9.55. The van der Waals surface area contributed by atoms with Crippen molar-refractivity contribution in [1.29, 1.82) is 0 Å². The molecule has 1 aromatic heterocycles. The molecule has 1 fully saturated rings. The molecular formula is C15H16ClN3O2S. The summed E-state index contributed by atoms with van der Waals surface area (Å²) in [5.74, 6) is 1.02. The number of hydrogen-bond donors (Lipinski definition) is 0. The Morgan fingerprint density at radius 1 is 1.45 bits per heavy atom. The molecule has 0 N–H and O–H groups in total. The highest BCUT2D eigenvalue weighted by molar-refractivity contribution is 7.07. The number of hydrogen-bond acceptors (Lipinski definition) is 5. The second kappa shape index (κ2) is 7.07. The van der Waals surface area contributed by atoms with Gasteiger partial charge in [0.25, 0.3) is 5.91 Å². The number of halogens is 1. The molecule has 1 amide bonds. The maximum Gasteiger partial charge on any atom is 0.267 e. The van der Waals surface area contributed by atoms with Crippen LogP contribution in [0.3, 0.4) is 0 Å². The molecule has 1 aliphatic heterocycles. The highest BCUT2D eigenvalue weighted by Crippen LogP contribution is 2.25. The third-order valence-electron chi connectivity index (χ3n) is 3.69. The molecule has 22 heavy (non-hydrogen) atoms. The number of para-hydroxylation sites is 1. The number of piperidine rings is 1. The summed E-state index contributed by atoms with van der Waals surface area (Å²) in [6, 6.07) is 7.44. The molecule has 0 saturated carbocycles. The van der Waals surface area contributed by atoms with Crippen molar-refractivity contribution < 1.29 is 9.53 Å². The standard InChI is InChI=1S/C15H16ClN3O2S/c16-12-5-1-2-6-13(12)21-10-11-4-3-7-19(9-11)15(20)14-8-17-18-22-14/h1-2,5-6,8,11H,3-4,7,9-10H2/t11-/m0/s1. The van der Waals surface area contributed by atoms with Gasteiger partial charge >= 0.3 is 0 Å². The summed E-state index contributed by atoms with van der Waals surface area (Å²) in [5.41, 5.74) is 0. The number of carbonyl (C=O) groups is 1. The van der Waals surface area contributed by atoms with Gasteiger partial charge < -0.3 is 9.64 Å². The Kier molecular flexibility index (Phi) is 4.90. The molecular weight excluding hydrogens is 322 g/mol. The first-order valence-corrected chi connectivity index (χ1v) is 8.33. The predicted molar refractivity (Wildman–Crippen MR) is 85.5 cm³/mol. The van der Waals surface area contributed by atoms with Crippen molar-refractivity contribution in [3.05, 3.63) is 40.4 Å². The second-order valence-electron chi connectivity index (χ2n) is 5.28. The van der Waals surface area contributed by atoms with Crippen molar-refractivity contribution >= 4 is 29.0 Å². The molecule has 1 aromatic carbocycles. The summed E-state index contributed by atoms with van der Waals surface area (Å²) in [7, 11) is 0. The van der Waals surface area contributed by atoms with Crippen LogP contribution in [-0.4, -0.2) is 40.1 Å². The van der Waals surface area contributed by atoms with Crippen molar-refractivity contribution in [2.75, 3.05) is 19.7 Å². The average Bonchev–Trinajstić information content (AvgIpc) is 3.08. The van der Waals surface area contributed by atoms with E-state index in [-0.39, 0.29) is 5.91 Å². The van der Waals surface area contributed by atoms with Crippen LogP contribution < -0.4 is 4.74 Å². The van der Waals surface area contributed by atoms with E-state index in [0.29, 0.717) is 34.7 Å². The Hall–Kier alpha value is -1.66. The lowest BCUT2D eigenvalue weighted by Crippen LogP contribution is -2.41. The molecule has 7 heteroatoms. The summed E-state index contributed by atoms with van der Waals surface area (Å²) in [6.07, 6.45) is 3.56. The molecule has 2 aromatic rings. The molecule has 0 unspecified atom stereocenters. The van der Waals surface area contributed by atoms with E-state index in [1.807, 2.05) is 29.2 Å². The number of aromatic nitrogens is 2. The Balaban J connectivity index is 1.57. The number of likely N-dealkylation sites (tertiary alicyclic amines) is 1. The number of ether oxygens (including phenoxy) is 1. The van der Waals surface area contributed by atoms with Crippen LogP contribution in [0.2, 0.25) is 5.02 Å². The maximum absolute atomic E-state index is 12.3. The lowest BCUT2D eigenvalue weighted by atomic mass is 9.99. The lowest BCUT2D eigenvalue weighted by Gasteiger charge is -2.32. The van der Waals surface area contributed by atoms with Gasteiger partial charge in [0.05, 0.1) is 17.8 Å². The first-order valence-electron chi connectivity index (χ1n) is 7.18. The smallest absolute Gasteiger partial charge is 0.267 e. The van der Waals surface area contributed by atoms with Gasteiger partial charge in [0, 0.05) is 19.0 Å². The summed E-state index contributed by atoms with van der Waals surface area (Å²) in [5, 5.41) is 4.34. The van der Waals surface area contributed by atoms with Crippen molar-refractivity contribution in [3.63, 3.8) is 0 Å². The van der Waals surface area contributed by atoms with Crippen LogP contribution in [0, 0.1) is 5.92 Å². The Bertz CT molecular complexity index is 635. The first kappa shape index (κ1) is 15.2. The van der Waals surface area contributed by atoms with Gasteiger partial charge in [-0.15, -0.1) is 5.10 Å². The summed E-state index contributed by atoms with van der Waals surface area (Å²) in [4.78, 5) is 14.8. The first-order chi connectivity index (χ1) is 10.7. The quantitative estimate of drug-likeness (QED) is 0.860. The monoisotopic (exact) mass is 337 g/mol. The van der Waals surface area contributed by atoms with Crippen molar-refractivity contribution in [3.8, 4) is 5.75 Å². The summed E-state index contributed by atoms with van der Waals surface area (Å²) in [6.45, 7) is 2.04. The number of benzene rings is 1.